The number of unbranched alkanes of at least 4 members (excludes halogenated alkanes) is 18. The van der Waals surface area contributed by atoms with Crippen LogP contribution in [0.1, 0.15) is 161 Å². The minimum atomic E-state index is 0.498. The first kappa shape index (κ1) is 32.6. The molecule has 0 fully saturated rings. The van der Waals surface area contributed by atoms with Crippen LogP contribution in [0.2, 0.25) is 0 Å². The number of rotatable bonds is 26. The van der Waals surface area contributed by atoms with Crippen molar-refractivity contribution in [3.63, 3.8) is 0 Å². The molecule has 1 heterocycles. The zero-order valence-corrected chi connectivity index (χ0v) is 25.4. The average molecular weight is 522 g/mol. The summed E-state index contributed by atoms with van der Waals surface area (Å²) in [5.41, 5.74) is 1.48. The third-order valence-electron chi connectivity index (χ3n) is 8.52. The molecule has 214 valence electrons. The van der Waals surface area contributed by atoms with Crippen molar-refractivity contribution in [1.29, 1.82) is 0 Å². The molecular formula is C36H61N2+. The lowest BCUT2D eigenvalue weighted by molar-refractivity contribution is 0.284. The van der Waals surface area contributed by atoms with Gasteiger partial charge in [-0.15, -0.1) is 0 Å². The van der Waals surface area contributed by atoms with E-state index >= 15 is 0 Å². The number of nitrogens with zero attached hydrogens (tertiary/aromatic N) is 2. The first-order chi connectivity index (χ1) is 18.8. The Hall–Kier alpha value is -1.57. The quantitative estimate of drug-likeness (QED) is 0.0855. The zero-order valence-electron chi connectivity index (χ0n) is 25.4. The van der Waals surface area contributed by atoms with E-state index in [-0.39, 0.29) is 0 Å². The van der Waals surface area contributed by atoms with Gasteiger partial charge in [-0.1, -0.05) is 183 Å². The summed E-state index contributed by atoms with van der Waals surface area (Å²) in [5, 5.41) is 0. The fourth-order valence-electron chi connectivity index (χ4n) is 6.13. The van der Waals surface area contributed by atoms with Gasteiger partial charge in [0.05, 0.1) is 5.92 Å². The highest BCUT2D eigenvalue weighted by Gasteiger charge is 2.35. The topological polar surface area (TPSA) is 24.7 Å². The van der Waals surface area contributed by atoms with Crippen molar-refractivity contribution >= 4 is 12.4 Å². The van der Waals surface area contributed by atoms with Gasteiger partial charge in [0.25, 0.3) is 0 Å². The fraction of sp³-hybridized carbons (Fsp3) is 0.750. The molecule has 0 bridgehead atoms. The third kappa shape index (κ3) is 15.7. The van der Waals surface area contributed by atoms with Gasteiger partial charge in [0.15, 0.2) is 12.4 Å². The minimum absolute atomic E-state index is 0.498. The number of hydrogen-bond acceptors (Lipinski definition) is 2. The van der Waals surface area contributed by atoms with E-state index in [9.17, 15) is 0 Å². The third-order valence-corrected chi connectivity index (χ3v) is 8.52. The molecule has 0 spiro atoms. The molecule has 0 amide bonds. The summed E-state index contributed by atoms with van der Waals surface area (Å²) in [7, 11) is 0. The van der Waals surface area contributed by atoms with Crippen molar-refractivity contribution in [3.8, 4) is 0 Å². The molecular weight excluding hydrogens is 460 g/mol. The lowest BCUT2D eigenvalue weighted by atomic mass is 9.78. The standard InChI is InChI=1S/C36H61N2/c1-3-5-7-9-11-13-15-17-19-24-28-34(32-33-26-22-21-23-27-33)35(36-37-30-31-38-36)29-25-20-18-16-14-12-10-8-6-4-2/h21-23,26-27,30-31,34-35H,3-20,24-25,28-29,32H2,1-2H3/q+1. The highest BCUT2D eigenvalue weighted by atomic mass is 15.0. The first-order valence-electron chi connectivity index (χ1n) is 16.8. The van der Waals surface area contributed by atoms with Gasteiger partial charge in [0.1, 0.15) is 0 Å². The second-order valence-corrected chi connectivity index (χ2v) is 11.9. The summed E-state index contributed by atoms with van der Waals surface area (Å²) in [6.07, 6.45) is 36.6. The molecule has 2 heteroatoms. The number of benzene rings is 1. The molecule has 2 rings (SSSR count). The van der Waals surface area contributed by atoms with Crippen LogP contribution in [0.15, 0.2) is 40.3 Å². The molecule has 0 aliphatic carbocycles. The van der Waals surface area contributed by atoms with Crippen LogP contribution in [0.5, 0.6) is 0 Å². The predicted octanol–water partition coefficient (Wildman–Crippen LogP) is 11.7. The van der Waals surface area contributed by atoms with Crippen LogP contribution in [-0.2, 0) is 6.42 Å². The zero-order chi connectivity index (χ0) is 26.9. The van der Waals surface area contributed by atoms with Crippen molar-refractivity contribution in [2.24, 2.45) is 21.8 Å². The van der Waals surface area contributed by atoms with Gasteiger partial charge < -0.3 is 0 Å². The maximum atomic E-state index is 4.73. The van der Waals surface area contributed by atoms with E-state index in [1.807, 2.05) is 12.4 Å². The lowest BCUT2D eigenvalue weighted by Crippen LogP contribution is -2.22. The van der Waals surface area contributed by atoms with Crippen LogP contribution in [0.25, 0.3) is 0 Å². The van der Waals surface area contributed by atoms with Gasteiger partial charge >= 0.3 is 0 Å². The van der Waals surface area contributed by atoms with E-state index in [0.717, 1.165) is 12.6 Å². The maximum absolute atomic E-state index is 4.73. The summed E-state index contributed by atoms with van der Waals surface area (Å²) < 4.78 is 0. The van der Waals surface area contributed by atoms with Crippen molar-refractivity contribution in [3.05, 3.63) is 42.1 Å². The molecule has 0 N–H and O–H groups in total. The predicted molar refractivity (Wildman–Crippen MR) is 170 cm³/mol. The van der Waals surface area contributed by atoms with E-state index < -0.39 is 0 Å². The molecule has 2 unspecified atom stereocenters. The van der Waals surface area contributed by atoms with Gasteiger partial charge in [-0.3, -0.25) is 0 Å². The molecule has 1 aliphatic heterocycles. The summed E-state index contributed by atoms with van der Waals surface area (Å²) in [4.78, 5) is 9.46. The van der Waals surface area contributed by atoms with E-state index in [1.54, 1.807) is 0 Å². The van der Waals surface area contributed by atoms with Crippen molar-refractivity contribution in [1.82, 2.24) is 0 Å². The number of aliphatic imine (C=N–C) groups is 2. The van der Waals surface area contributed by atoms with Crippen LogP contribution < -0.4 is 0 Å². The van der Waals surface area contributed by atoms with Gasteiger partial charge in [-0.05, 0) is 30.7 Å². The summed E-state index contributed by atoms with van der Waals surface area (Å²) in [5.74, 6) is 1.14. The van der Waals surface area contributed by atoms with Crippen LogP contribution in [-0.4, -0.2) is 12.4 Å². The molecule has 1 aliphatic rings. The summed E-state index contributed by atoms with van der Waals surface area (Å²) in [6, 6.07) is 11.2. The fourth-order valence-corrected chi connectivity index (χ4v) is 6.13. The molecule has 0 aromatic heterocycles. The SMILES string of the molecule is CCCCCCCCCCCCC(Cc1ccccc1)C(CCCCCCCCCCCC)[C+]1N=CC=N1. The van der Waals surface area contributed by atoms with E-state index in [1.165, 1.54) is 147 Å². The van der Waals surface area contributed by atoms with Gasteiger partial charge in [-0.25, -0.2) is 0 Å². The molecule has 2 atom stereocenters. The second kappa shape index (κ2) is 23.3. The second-order valence-electron chi connectivity index (χ2n) is 11.9. The average Bonchev–Trinajstić information content (AvgIpc) is 3.48. The Morgan fingerprint density at radius 3 is 1.42 bits per heavy atom. The Kier molecular flexibility index (Phi) is 20.0. The maximum Gasteiger partial charge on any atom is 0.244 e. The van der Waals surface area contributed by atoms with Crippen LogP contribution in [0.3, 0.4) is 0 Å². The van der Waals surface area contributed by atoms with Gasteiger partial charge in [-0.2, -0.15) is 0 Å². The Bertz CT molecular complexity index is 683. The van der Waals surface area contributed by atoms with Crippen molar-refractivity contribution in [2.45, 2.75) is 162 Å². The number of hydrogen-bond donors (Lipinski definition) is 0. The highest BCUT2D eigenvalue weighted by Crippen LogP contribution is 2.37. The molecule has 1 aromatic carbocycles. The summed E-state index contributed by atoms with van der Waals surface area (Å²) in [6.45, 7) is 4.60. The van der Waals surface area contributed by atoms with Crippen LogP contribution in [0, 0.1) is 18.0 Å². The molecule has 2 nitrogen and oxygen atoms in total. The van der Waals surface area contributed by atoms with Crippen LogP contribution in [0.4, 0.5) is 0 Å². The highest BCUT2D eigenvalue weighted by molar-refractivity contribution is 6.18. The molecule has 1 aromatic rings. The van der Waals surface area contributed by atoms with Crippen molar-refractivity contribution in [2.75, 3.05) is 0 Å². The molecule has 38 heavy (non-hydrogen) atoms. The smallest absolute Gasteiger partial charge is 0.0965 e. The molecule has 0 saturated carbocycles. The first-order valence-corrected chi connectivity index (χ1v) is 16.8. The summed E-state index contributed by atoms with van der Waals surface area (Å²) >= 11 is 0. The Labute approximate surface area is 237 Å². The Balaban J connectivity index is 1.77. The van der Waals surface area contributed by atoms with E-state index in [2.05, 4.69) is 44.2 Å². The van der Waals surface area contributed by atoms with E-state index in [0.29, 0.717) is 11.8 Å². The van der Waals surface area contributed by atoms with Gasteiger partial charge in [0.2, 0.25) is 6.17 Å². The Morgan fingerprint density at radius 2 is 0.947 bits per heavy atom. The lowest BCUT2D eigenvalue weighted by Gasteiger charge is -2.26. The monoisotopic (exact) mass is 521 g/mol. The Morgan fingerprint density at radius 1 is 0.526 bits per heavy atom. The largest absolute Gasteiger partial charge is 0.244 e. The van der Waals surface area contributed by atoms with Crippen molar-refractivity contribution < 1.29 is 0 Å². The van der Waals surface area contributed by atoms with Gasteiger partial charge in [0, 0.05) is 0 Å². The van der Waals surface area contributed by atoms with Crippen LogP contribution >= 0.6 is 0 Å². The molecule has 0 radical (unpaired) electrons. The van der Waals surface area contributed by atoms with E-state index in [4.69, 9.17) is 9.98 Å². The molecule has 0 saturated heterocycles. The minimum Gasteiger partial charge on any atom is -0.0965 e. The normalized spacial score (nSPS) is 14.4.